The Balaban J connectivity index is 1.93. The van der Waals surface area contributed by atoms with Crippen LogP contribution in [0.1, 0.15) is 12.0 Å². The highest BCUT2D eigenvalue weighted by atomic mass is 35.5. The first-order chi connectivity index (χ1) is 8.66. The van der Waals surface area contributed by atoms with Crippen LogP contribution in [0, 0.1) is 0 Å². The van der Waals surface area contributed by atoms with E-state index >= 15 is 0 Å². The minimum atomic E-state index is -0.250. The summed E-state index contributed by atoms with van der Waals surface area (Å²) < 4.78 is 0. The number of carbonyl (C=O) groups excluding carboxylic acids is 1. The van der Waals surface area contributed by atoms with E-state index in [1.807, 2.05) is 0 Å². The van der Waals surface area contributed by atoms with Crippen LogP contribution in [-0.2, 0) is 11.2 Å². The summed E-state index contributed by atoms with van der Waals surface area (Å²) in [5.74, 6) is -0.118. The molecule has 1 amide bonds. The van der Waals surface area contributed by atoms with Gasteiger partial charge in [0.15, 0.2) is 0 Å². The van der Waals surface area contributed by atoms with E-state index in [0.29, 0.717) is 22.0 Å². The molecule has 0 aliphatic heterocycles. The Labute approximate surface area is 112 Å². The Hall–Kier alpha value is -1.73. The second-order valence-electron chi connectivity index (χ2n) is 3.37. The number of amides is 1. The SMILES string of the molecule is O=C(CCc1c(Cl)cncc1Cl)Nc1nn[nH]n1. The number of pyridine rings is 1. The third kappa shape index (κ3) is 3.14. The monoisotopic (exact) mass is 286 g/mol. The maximum absolute atomic E-state index is 11.6. The zero-order valence-electron chi connectivity index (χ0n) is 9.02. The molecule has 0 spiro atoms. The summed E-state index contributed by atoms with van der Waals surface area (Å²) in [5.41, 5.74) is 0.691. The summed E-state index contributed by atoms with van der Waals surface area (Å²) in [4.78, 5) is 15.4. The molecule has 0 radical (unpaired) electrons. The molecule has 0 saturated heterocycles. The van der Waals surface area contributed by atoms with Crippen LogP contribution in [0.4, 0.5) is 5.95 Å². The van der Waals surface area contributed by atoms with Crippen molar-refractivity contribution in [2.45, 2.75) is 12.8 Å². The maximum Gasteiger partial charge on any atom is 0.269 e. The van der Waals surface area contributed by atoms with Gasteiger partial charge in [-0.3, -0.25) is 15.1 Å². The van der Waals surface area contributed by atoms with Gasteiger partial charge in [0.05, 0.1) is 10.0 Å². The van der Waals surface area contributed by atoms with Crippen molar-refractivity contribution < 1.29 is 4.79 Å². The lowest BCUT2D eigenvalue weighted by Gasteiger charge is -2.05. The van der Waals surface area contributed by atoms with Gasteiger partial charge in [-0.1, -0.05) is 28.3 Å². The first-order valence-corrected chi connectivity index (χ1v) is 5.73. The Kier molecular flexibility index (Phi) is 4.06. The molecule has 2 aromatic rings. The fraction of sp³-hybridized carbons (Fsp3) is 0.222. The summed E-state index contributed by atoms with van der Waals surface area (Å²) in [7, 11) is 0. The van der Waals surface area contributed by atoms with Crippen LogP contribution in [-0.4, -0.2) is 31.5 Å². The number of nitrogens with one attached hydrogen (secondary N) is 2. The average Bonchev–Trinajstić information content (AvgIpc) is 2.81. The summed E-state index contributed by atoms with van der Waals surface area (Å²) in [6.45, 7) is 0. The fourth-order valence-corrected chi connectivity index (χ4v) is 1.87. The molecule has 0 unspecified atom stereocenters. The third-order valence-corrected chi connectivity index (χ3v) is 2.80. The molecule has 0 aliphatic rings. The molecule has 2 aromatic heterocycles. The van der Waals surface area contributed by atoms with Gasteiger partial charge in [-0.05, 0) is 17.2 Å². The van der Waals surface area contributed by atoms with Crippen molar-refractivity contribution in [2.24, 2.45) is 0 Å². The van der Waals surface area contributed by atoms with Crippen molar-refractivity contribution in [3.8, 4) is 0 Å². The summed E-state index contributed by atoms with van der Waals surface area (Å²) in [5, 5.41) is 16.1. The molecule has 2 heterocycles. The Morgan fingerprint density at radius 3 is 2.67 bits per heavy atom. The van der Waals surface area contributed by atoms with Gasteiger partial charge in [0.1, 0.15) is 0 Å². The largest absolute Gasteiger partial charge is 0.292 e. The molecule has 0 saturated carbocycles. The molecule has 0 aliphatic carbocycles. The van der Waals surface area contributed by atoms with Crippen molar-refractivity contribution in [2.75, 3.05) is 5.32 Å². The molecule has 0 bridgehead atoms. The van der Waals surface area contributed by atoms with E-state index in [2.05, 4.69) is 30.9 Å². The maximum atomic E-state index is 11.6. The second kappa shape index (κ2) is 5.74. The lowest BCUT2D eigenvalue weighted by molar-refractivity contribution is -0.116. The van der Waals surface area contributed by atoms with E-state index in [9.17, 15) is 4.79 Å². The number of halogens is 2. The molecule has 0 atom stereocenters. The van der Waals surface area contributed by atoms with E-state index in [0.717, 1.165) is 0 Å². The van der Waals surface area contributed by atoms with Gasteiger partial charge in [0.25, 0.3) is 5.95 Å². The zero-order valence-corrected chi connectivity index (χ0v) is 10.5. The highest BCUT2D eigenvalue weighted by molar-refractivity contribution is 6.35. The number of tetrazole rings is 1. The van der Waals surface area contributed by atoms with Crippen LogP contribution in [0.5, 0.6) is 0 Å². The molecule has 2 rings (SSSR count). The number of aromatic amines is 1. The van der Waals surface area contributed by atoms with Crippen LogP contribution in [0.2, 0.25) is 10.0 Å². The minimum absolute atomic E-state index is 0.131. The van der Waals surface area contributed by atoms with E-state index < -0.39 is 0 Å². The number of hydrogen-bond acceptors (Lipinski definition) is 5. The van der Waals surface area contributed by atoms with Gasteiger partial charge in [0.2, 0.25) is 5.91 Å². The zero-order chi connectivity index (χ0) is 13.0. The molecule has 7 nitrogen and oxygen atoms in total. The fourth-order valence-electron chi connectivity index (χ4n) is 1.32. The molecule has 0 aromatic carbocycles. The van der Waals surface area contributed by atoms with Crippen molar-refractivity contribution in [3.05, 3.63) is 28.0 Å². The number of H-pyrrole nitrogens is 1. The van der Waals surface area contributed by atoms with E-state index in [1.165, 1.54) is 12.4 Å². The van der Waals surface area contributed by atoms with E-state index in [4.69, 9.17) is 23.2 Å². The third-order valence-electron chi connectivity index (χ3n) is 2.15. The minimum Gasteiger partial charge on any atom is -0.292 e. The van der Waals surface area contributed by atoms with Gasteiger partial charge < -0.3 is 0 Å². The van der Waals surface area contributed by atoms with Crippen LogP contribution in [0.25, 0.3) is 0 Å². The average molecular weight is 287 g/mol. The van der Waals surface area contributed by atoms with Gasteiger partial charge in [-0.2, -0.15) is 5.21 Å². The van der Waals surface area contributed by atoms with Gasteiger partial charge >= 0.3 is 0 Å². The smallest absolute Gasteiger partial charge is 0.269 e. The van der Waals surface area contributed by atoms with Crippen LogP contribution in [0.3, 0.4) is 0 Å². The standard InChI is InChI=1S/C9H8Cl2N6O/c10-6-3-12-4-7(11)5(6)1-2-8(18)13-9-14-16-17-15-9/h3-4H,1-2H2,(H2,13,14,15,16,17,18). The van der Waals surface area contributed by atoms with E-state index in [1.54, 1.807) is 0 Å². The quantitative estimate of drug-likeness (QED) is 0.887. The van der Waals surface area contributed by atoms with Crippen molar-refractivity contribution in [1.82, 2.24) is 25.6 Å². The van der Waals surface area contributed by atoms with Gasteiger partial charge in [-0.25, -0.2) is 0 Å². The number of hydrogen-bond donors (Lipinski definition) is 2. The number of nitrogens with zero attached hydrogens (tertiary/aromatic N) is 4. The van der Waals surface area contributed by atoms with Crippen LogP contribution < -0.4 is 5.32 Å². The lowest BCUT2D eigenvalue weighted by Crippen LogP contribution is -2.13. The van der Waals surface area contributed by atoms with Crippen LogP contribution in [0.15, 0.2) is 12.4 Å². The number of anilines is 1. The number of aromatic nitrogens is 5. The Morgan fingerprint density at radius 2 is 2.06 bits per heavy atom. The Morgan fingerprint density at radius 1 is 1.33 bits per heavy atom. The summed E-state index contributed by atoms with van der Waals surface area (Å²) in [6, 6.07) is 0. The van der Waals surface area contributed by atoms with Crippen molar-refractivity contribution in [1.29, 1.82) is 0 Å². The molecular weight excluding hydrogens is 279 g/mol. The predicted molar refractivity (Wildman–Crippen MR) is 65.4 cm³/mol. The molecule has 2 N–H and O–H groups in total. The van der Waals surface area contributed by atoms with Crippen LogP contribution >= 0.6 is 23.2 Å². The number of carbonyl (C=O) groups is 1. The summed E-state index contributed by atoms with van der Waals surface area (Å²) >= 11 is 11.9. The first kappa shape index (κ1) is 12.7. The number of rotatable bonds is 4. The van der Waals surface area contributed by atoms with Crippen molar-refractivity contribution in [3.63, 3.8) is 0 Å². The Bertz CT molecular complexity index is 524. The van der Waals surface area contributed by atoms with Gasteiger partial charge in [0, 0.05) is 18.8 Å². The molecule has 0 fully saturated rings. The van der Waals surface area contributed by atoms with Crippen molar-refractivity contribution >= 4 is 35.1 Å². The normalized spacial score (nSPS) is 10.3. The molecule has 9 heteroatoms. The van der Waals surface area contributed by atoms with Gasteiger partial charge in [-0.15, -0.1) is 5.10 Å². The summed E-state index contributed by atoms with van der Waals surface area (Å²) in [6.07, 6.45) is 3.58. The second-order valence-corrected chi connectivity index (χ2v) is 4.18. The first-order valence-electron chi connectivity index (χ1n) is 4.98. The predicted octanol–water partition coefficient (Wildman–Crippen LogP) is 1.47. The topological polar surface area (TPSA) is 96.5 Å². The molecule has 18 heavy (non-hydrogen) atoms. The highest BCUT2D eigenvalue weighted by Crippen LogP contribution is 2.24. The van der Waals surface area contributed by atoms with E-state index in [-0.39, 0.29) is 18.3 Å². The lowest BCUT2D eigenvalue weighted by atomic mass is 10.1. The highest BCUT2D eigenvalue weighted by Gasteiger charge is 2.10. The molecular formula is C9H8Cl2N6O. The molecule has 94 valence electrons.